The number of nitrogens with two attached hydrogens (primary N) is 1. The number of guanidine groups is 1. The number of pyridine rings is 1. The van der Waals surface area contributed by atoms with Gasteiger partial charge in [0.1, 0.15) is 6.61 Å². The van der Waals surface area contributed by atoms with E-state index in [-0.39, 0.29) is 0 Å². The highest BCUT2D eigenvalue weighted by molar-refractivity contribution is 5.92. The van der Waals surface area contributed by atoms with Crippen molar-refractivity contribution in [2.45, 2.75) is 20.1 Å². The molecular formula is C21H22N4O. The monoisotopic (exact) mass is 346 g/mol. The molecule has 0 fully saturated rings. The van der Waals surface area contributed by atoms with Crippen molar-refractivity contribution in [3.8, 4) is 5.88 Å². The molecule has 1 aromatic heterocycles. The van der Waals surface area contributed by atoms with Crippen LogP contribution in [0.4, 0.5) is 5.69 Å². The van der Waals surface area contributed by atoms with Gasteiger partial charge in [0.25, 0.3) is 0 Å². The van der Waals surface area contributed by atoms with Gasteiger partial charge in [-0.15, -0.1) is 0 Å². The van der Waals surface area contributed by atoms with Gasteiger partial charge in [-0.25, -0.2) is 9.98 Å². The number of anilines is 1. The summed E-state index contributed by atoms with van der Waals surface area (Å²) in [5, 5.41) is 3.08. The maximum absolute atomic E-state index is 5.96. The number of benzene rings is 2. The first-order valence-electron chi connectivity index (χ1n) is 8.44. The first-order valence-corrected chi connectivity index (χ1v) is 8.44. The Hall–Kier alpha value is -3.34. The number of aromatic nitrogens is 1. The van der Waals surface area contributed by atoms with Crippen molar-refractivity contribution >= 4 is 11.6 Å². The van der Waals surface area contributed by atoms with E-state index in [4.69, 9.17) is 10.5 Å². The molecule has 0 spiro atoms. The molecule has 0 atom stereocenters. The Balaban J connectivity index is 1.56. The van der Waals surface area contributed by atoms with Gasteiger partial charge in [0, 0.05) is 18.0 Å². The van der Waals surface area contributed by atoms with Crippen LogP contribution >= 0.6 is 0 Å². The Morgan fingerprint density at radius 1 is 1.04 bits per heavy atom. The molecule has 0 bridgehead atoms. The largest absolute Gasteiger partial charge is 0.473 e. The topological polar surface area (TPSA) is 72.5 Å². The maximum atomic E-state index is 5.96. The summed E-state index contributed by atoms with van der Waals surface area (Å²) < 4.78 is 5.74. The van der Waals surface area contributed by atoms with Crippen LogP contribution < -0.4 is 15.8 Å². The van der Waals surface area contributed by atoms with E-state index in [0.29, 0.717) is 25.0 Å². The highest BCUT2D eigenvalue weighted by Gasteiger charge is 2.00. The standard InChI is InChI=1S/C21H22N4O/c1-16-7-9-19(10-8-16)25-21(22)24-14-18-11-12-23-20(13-18)26-15-17-5-3-2-4-6-17/h2-13H,14-15H2,1H3,(H3,22,24,25). The van der Waals surface area contributed by atoms with Crippen LogP contribution in [0.1, 0.15) is 16.7 Å². The first kappa shape index (κ1) is 17.5. The van der Waals surface area contributed by atoms with E-state index in [9.17, 15) is 0 Å². The number of nitrogens with one attached hydrogen (secondary N) is 1. The molecule has 0 aliphatic carbocycles. The molecule has 0 radical (unpaired) electrons. The SMILES string of the molecule is Cc1ccc(NC(N)=NCc2ccnc(OCc3ccccc3)c2)cc1. The van der Waals surface area contributed by atoms with Crippen LogP contribution in [-0.4, -0.2) is 10.9 Å². The van der Waals surface area contributed by atoms with E-state index < -0.39 is 0 Å². The zero-order chi connectivity index (χ0) is 18.2. The quantitative estimate of drug-likeness (QED) is 0.524. The van der Waals surface area contributed by atoms with E-state index in [0.717, 1.165) is 16.8 Å². The van der Waals surface area contributed by atoms with Crippen molar-refractivity contribution in [1.82, 2.24) is 4.98 Å². The van der Waals surface area contributed by atoms with Crippen molar-refractivity contribution in [3.05, 3.63) is 89.6 Å². The van der Waals surface area contributed by atoms with Crippen molar-refractivity contribution in [2.24, 2.45) is 10.7 Å². The van der Waals surface area contributed by atoms with Gasteiger partial charge in [0.05, 0.1) is 6.54 Å². The molecule has 0 amide bonds. The number of aryl methyl sites for hydroxylation is 1. The van der Waals surface area contributed by atoms with Crippen LogP contribution in [0, 0.1) is 6.92 Å². The molecule has 3 N–H and O–H groups in total. The third-order valence-electron chi connectivity index (χ3n) is 3.78. The summed E-state index contributed by atoms with van der Waals surface area (Å²) in [7, 11) is 0. The number of rotatable bonds is 6. The Bertz CT molecular complexity index is 861. The number of aliphatic imine (C=N–C) groups is 1. The van der Waals surface area contributed by atoms with E-state index in [1.807, 2.05) is 73.7 Å². The van der Waals surface area contributed by atoms with Gasteiger partial charge in [-0.3, -0.25) is 0 Å². The molecule has 3 aromatic rings. The number of hydrogen-bond donors (Lipinski definition) is 2. The van der Waals surface area contributed by atoms with Crippen LogP contribution in [0.25, 0.3) is 0 Å². The second-order valence-electron chi connectivity index (χ2n) is 5.97. The molecule has 0 saturated carbocycles. The van der Waals surface area contributed by atoms with E-state index >= 15 is 0 Å². The van der Waals surface area contributed by atoms with Gasteiger partial charge < -0.3 is 15.8 Å². The summed E-state index contributed by atoms with van der Waals surface area (Å²) in [4.78, 5) is 8.61. The molecule has 2 aromatic carbocycles. The summed E-state index contributed by atoms with van der Waals surface area (Å²) in [6, 6.07) is 21.8. The zero-order valence-corrected chi connectivity index (χ0v) is 14.7. The fraction of sp³-hybridized carbons (Fsp3) is 0.143. The predicted octanol–water partition coefficient (Wildman–Crippen LogP) is 3.90. The molecule has 0 unspecified atom stereocenters. The molecule has 3 rings (SSSR count). The van der Waals surface area contributed by atoms with Gasteiger partial charge in [-0.05, 0) is 36.2 Å². The average Bonchev–Trinajstić information content (AvgIpc) is 2.68. The van der Waals surface area contributed by atoms with Gasteiger partial charge in [0.15, 0.2) is 5.96 Å². The lowest BCUT2D eigenvalue weighted by Crippen LogP contribution is -2.22. The first-order chi connectivity index (χ1) is 12.7. The lowest BCUT2D eigenvalue weighted by atomic mass is 10.2. The van der Waals surface area contributed by atoms with E-state index in [1.165, 1.54) is 5.56 Å². The fourth-order valence-electron chi connectivity index (χ4n) is 2.36. The van der Waals surface area contributed by atoms with Gasteiger partial charge in [-0.2, -0.15) is 0 Å². The molecule has 1 heterocycles. The van der Waals surface area contributed by atoms with Crippen molar-refractivity contribution in [3.63, 3.8) is 0 Å². The number of ether oxygens (including phenoxy) is 1. The van der Waals surface area contributed by atoms with Crippen LogP contribution in [0.15, 0.2) is 77.9 Å². The second-order valence-corrected chi connectivity index (χ2v) is 5.97. The summed E-state index contributed by atoms with van der Waals surface area (Å²) in [5.41, 5.74) is 10.2. The van der Waals surface area contributed by atoms with Crippen molar-refractivity contribution in [1.29, 1.82) is 0 Å². The van der Waals surface area contributed by atoms with Gasteiger partial charge in [0.2, 0.25) is 5.88 Å². The third kappa shape index (κ3) is 5.34. The molecule has 5 heteroatoms. The number of nitrogens with zero attached hydrogens (tertiary/aromatic N) is 2. The lowest BCUT2D eigenvalue weighted by molar-refractivity contribution is 0.293. The lowest BCUT2D eigenvalue weighted by Gasteiger charge is -2.08. The smallest absolute Gasteiger partial charge is 0.213 e. The minimum Gasteiger partial charge on any atom is -0.473 e. The highest BCUT2D eigenvalue weighted by atomic mass is 16.5. The summed E-state index contributed by atoms with van der Waals surface area (Å²) in [6.45, 7) is 2.98. The Morgan fingerprint density at radius 2 is 1.81 bits per heavy atom. The molecule has 5 nitrogen and oxygen atoms in total. The minimum atomic E-state index is 0.373. The zero-order valence-electron chi connectivity index (χ0n) is 14.7. The van der Waals surface area contributed by atoms with E-state index in [1.54, 1.807) is 6.20 Å². The third-order valence-corrected chi connectivity index (χ3v) is 3.78. The fourth-order valence-corrected chi connectivity index (χ4v) is 2.36. The van der Waals surface area contributed by atoms with Gasteiger partial charge in [-0.1, -0.05) is 48.0 Å². The summed E-state index contributed by atoms with van der Waals surface area (Å²) >= 11 is 0. The molecule has 26 heavy (non-hydrogen) atoms. The highest BCUT2D eigenvalue weighted by Crippen LogP contribution is 2.13. The molecule has 0 aliphatic heterocycles. The average molecular weight is 346 g/mol. The summed E-state index contributed by atoms with van der Waals surface area (Å²) in [5.74, 6) is 0.948. The maximum Gasteiger partial charge on any atom is 0.213 e. The Labute approximate surface area is 153 Å². The van der Waals surface area contributed by atoms with Crippen LogP contribution in [0.5, 0.6) is 5.88 Å². The Morgan fingerprint density at radius 3 is 2.58 bits per heavy atom. The van der Waals surface area contributed by atoms with Gasteiger partial charge >= 0.3 is 0 Å². The van der Waals surface area contributed by atoms with Crippen LogP contribution in [-0.2, 0) is 13.2 Å². The predicted molar refractivity (Wildman–Crippen MR) is 105 cm³/mol. The van der Waals surface area contributed by atoms with Crippen molar-refractivity contribution in [2.75, 3.05) is 5.32 Å². The molecule has 132 valence electrons. The minimum absolute atomic E-state index is 0.373. The van der Waals surface area contributed by atoms with Crippen molar-refractivity contribution < 1.29 is 4.74 Å². The molecule has 0 aliphatic rings. The van der Waals surface area contributed by atoms with Crippen LogP contribution in [0.2, 0.25) is 0 Å². The Kier molecular flexibility index (Phi) is 5.83. The van der Waals surface area contributed by atoms with Crippen LogP contribution in [0.3, 0.4) is 0 Å². The molecular weight excluding hydrogens is 324 g/mol. The van der Waals surface area contributed by atoms with E-state index in [2.05, 4.69) is 15.3 Å². The number of hydrogen-bond acceptors (Lipinski definition) is 3. The second kappa shape index (κ2) is 8.67. The summed E-state index contributed by atoms with van der Waals surface area (Å²) in [6.07, 6.45) is 1.72. The normalized spacial score (nSPS) is 11.2. The molecule has 0 saturated heterocycles.